The van der Waals surface area contributed by atoms with Crippen LogP contribution < -0.4 is 0 Å². The highest BCUT2D eigenvalue weighted by atomic mass is 16.4. The molecule has 0 rings (SSSR count). The van der Waals surface area contributed by atoms with Crippen molar-refractivity contribution >= 4 is 11.9 Å². The number of carboxylic acid groups (broad SMARTS) is 1. The third-order valence-corrected chi connectivity index (χ3v) is 2.78. The number of hydrogen-bond acceptors (Lipinski definition) is 2. The molecule has 0 spiro atoms. The second-order valence-electron chi connectivity index (χ2n) is 4.66. The number of rotatable bonds is 5. The van der Waals surface area contributed by atoms with Gasteiger partial charge in [0, 0.05) is 19.0 Å². The lowest BCUT2D eigenvalue weighted by Gasteiger charge is -2.29. The molecule has 1 amide bonds. The molecular weight excluding hydrogens is 194 g/mol. The largest absolute Gasteiger partial charge is 0.481 e. The number of nitrogens with zero attached hydrogens (tertiary/aromatic N) is 1. The van der Waals surface area contributed by atoms with Crippen molar-refractivity contribution in [3.63, 3.8) is 0 Å². The Morgan fingerprint density at radius 2 is 1.87 bits per heavy atom. The first-order valence-corrected chi connectivity index (χ1v) is 5.20. The summed E-state index contributed by atoms with van der Waals surface area (Å²) in [6, 6.07) is 0. The van der Waals surface area contributed by atoms with E-state index in [1.807, 2.05) is 20.8 Å². The molecule has 0 saturated heterocycles. The first-order valence-electron chi connectivity index (χ1n) is 5.20. The Morgan fingerprint density at radius 1 is 1.40 bits per heavy atom. The molecule has 0 bridgehead atoms. The van der Waals surface area contributed by atoms with Gasteiger partial charge in [-0.3, -0.25) is 9.59 Å². The van der Waals surface area contributed by atoms with E-state index in [2.05, 4.69) is 0 Å². The summed E-state index contributed by atoms with van der Waals surface area (Å²) in [6.07, 6.45) is 0.748. The maximum atomic E-state index is 11.9. The Hall–Kier alpha value is -1.06. The molecule has 1 N–H and O–H groups in total. The van der Waals surface area contributed by atoms with Crippen LogP contribution in [-0.4, -0.2) is 35.5 Å². The van der Waals surface area contributed by atoms with Crippen LogP contribution in [0.4, 0.5) is 0 Å². The Kier molecular flexibility index (Phi) is 4.78. The molecule has 4 nitrogen and oxygen atoms in total. The van der Waals surface area contributed by atoms with Gasteiger partial charge >= 0.3 is 5.97 Å². The molecule has 0 aromatic heterocycles. The number of hydrogen-bond donors (Lipinski definition) is 1. The second-order valence-corrected chi connectivity index (χ2v) is 4.66. The molecule has 0 aliphatic rings. The highest BCUT2D eigenvalue weighted by Gasteiger charge is 2.29. The average Bonchev–Trinajstić information content (AvgIpc) is 2.16. The second kappa shape index (κ2) is 5.14. The minimum absolute atomic E-state index is 0.00176. The van der Waals surface area contributed by atoms with Gasteiger partial charge in [-0.1, -0.05) is 27.7 Å². The number of carbonyl (C=O) groups is 2. The zero-order valence-corrected chi connectivity index (χ0v) is 10.2. The first-order chi connectivity index (χ1) is 6.72. The predicted octanol–water partition coefficient (Wildman–Crippen LogP) is 1.60. The molecule has 0 radical (unpaired) electrons. The topological polar surface area (TPSA) is 57.6 Å². The maximum Gasteiger partial charge on any atom is 0.308 e. The van der Waals surface area contributed by atoms with E-state index in [0.717, 1.165) is 6.42 Å². The van der Waals surface area contributed by atoms with Crippen molar-refractivity contribution in [2.45, 2.75) is 34.1 Å². The predicted molar refractivity (Wildman–Crippen MR) is 58.5 cm³/mol. The van der Waals surface area contributed by atoms with Crippen molar-refractivity contribution in [1.29, 1.82) is 0 Å². The third kappa shape index (κ3) is 3.90. The van der Waals surface area contributed by atoms with E-state index in [4.69, 9.17) is 5.11 Å². The fourth-order valence-corrected chi connectivity index (χ4v) is 1.24. The van der Waals surface area contributed by atoms with E-state index in [0.29, 0.717) is 0 Å². The summed E-state index contributed by atoms with van der Waals surface area (Å²) in [5, 5.41) is 8.73. The molecule has 0 aromatic rings. The van der Waals surface area contributed by atoms with E-state index in [1.54, 1.807) is 14.0 Å². The Balaban J connectivity index is 4.40. The number of carbonyl (C=O) groups excluding carboxylic acids is 1. The first kappa shape index (κ1) is 13.9. The molecule has 1 atom stereocenters. The summed E-state index contributed by atoms with van der Waals surface area (Å²) in [6.45, 7) is 7.56. The van der Waals surface area contributed by atoms with E-state index in [1.165, 1.54) is 4.90 Å². The van der Waals surface area contributed by atoms with Gasteiger partial charge in [0.05, 0.1) is 5.92 Å². The number of aliphatic carboxylic acids is 1. The van der Waals surface area contributed by atoms with Crippen molar-refractivity contribution in [2.24, 2.45) is 11.3 Å². The fourth-order valence-electron chi connectivity index (χ4n) is 1.24. The summed E-state index contributed by atoms with van der Waals surface area (Å²) < 4.78 is 0. The van der Waals surface area contributed by atoms with Crippen molar-refractivity contribution in [3.05, 3.63) is 0 Å². The van der Waals surface area contributed by atoms with Crippen LogP contribution in [0.3, 0.4) is 0 Å². The van der Waals surface area contributed by atoms with Crippen LogP contribution >= 0.6 is 0 Å². The summed E-state index contributed by atoms with van der Waals surface area (Å²) >= 11 is 0. The van der Waals surface area contributed by atoms with Crippen LogP contribution in [0.15, 0.2) is 0 Å². The molecular formula is C11H21NO3. The average molecular weight is 215 g/mol. The molecule has 15 heavy (non-hydrogen) atoms. The van der Waals surface area contributed by atoms with Gasteiger partial charge < -0.3 is 10.0 Å². The molecule has 0 heterocycles. The smallest absolute Gasteiger partial charge is 0.308 e. The van der Waals surface area contributed by atoms with Gasteiger partial charge in [-0.05, 0) is 6.42 Å². The highest BCUT2D eigenvalue weighted by Crippen LogP contribution is 2.22. The molecule has 1 unspecified atom stereocenters. The van der Waals surface area contributed by atoms with Crippen LogP contribution in [0.2, 0.25) is 0 Å². The van der Waals surface area contributed by atoms with Crippen LogP contribution in [0, 0.1) is 11.3 Å². The normalized spacial score (nSPS) is 13.4. The van der Waals surface area contributed by atoms with E-state index in [9.17, 15) is 9.59 Å². The van der Waals surface area contributed by atoms with Crippen LogP contribution in [-0.2, 0) is 9.59 Å². The summed E-state index contributed by atoms with van der Waals surface area (Å²) in [4.78, 5) is 24.0. The molecule has 88 valence electrons. The Morgan fingerprint density at radius 3 is 2.20 bits per heavy atom. The van der Waals surface area contributed by atoms with E-state index >= 15 is 0 Å². The Bertz CT molecular complexity index is 248. The number of amides is 1. The quantitative estimate of drug-likeness (QED) is 0.757. The number of carboxylic acids is 1. The molecule has 0 aliphatic heterocycles. The summed E-state index contributed by atoms with van der Waals surface area (Å²) in [5.74, 6) is -1.39. The van der Waals surface area contributed by atoms with Crippen LogP contribution in [0.5, 0.6) is 0 Å². The van der Waals surface area contributed by atoms with Crippen molar-refractivity contribution in [1.82, 2.24) is 4.90 Å². The lowest BCUT2D eigenvalue weighted by atomic mass is 9.88. The summed E-state index contributed by atoms with van der Waals surface area (Å²) in [7, 11) is 1.65. The monoisotopic (exact) mass is 215 g/mol. The minimum atomic E-state index is -0.871. The van der Waals surface area contributed by atoms with Crippen LogP contribution in [0.1, 0.15) is 34.1 Å². The van der Waals surface area contributed by atoms with Gasteiger partial charge in [-0.2, -0.15) is 0 Å². The van der Waals surface area contributed by atoms with Gasteiger partial charge in [-0.15, -0.1) is 0 Å². The SMILES string of the molecule is CCC(C)(C)C(=O)N(C)CC(C)C(=O)O. The molecule has 0 aromatic carbocycles. The zero-order chi connectivity index (χ0) is 12.2. The van der Waals surface area contributed by atoms with E-state index in [-0.39, 0.29) is 12.5 Å². The maximum absolute atomic E-state index is 11.9. The zero-order valence-electron chi connectivity index (χ0n) is 10.2. The van der Waals surface area contributed by atoms with Gasteiger partial charge in [0.15, 0.2) is 0 Å². The van der Waals surface area contributed by atoms with Gasteiger partial charge in [0.25, 0.3) is 0 Å². The standard InChI is InChI=1S/C11H21NO3/c1-6-11(3,4)10(15)12(5)7-8(2)9(13)14/h8H,6-7H2,1-5H3,(H,13,14). The molecule has 0 fully saturated rings. The van der Waals surface area contributed by atoms with Gasteiger partial charge in [0.1, 0.15) is 0 Å². The van der Waals surface area contributed by atoms with Gasteiger partial charge in [0.2, 0.25) is 5.91 Å². The van der Waals surface area contributed by atoms with Crippen molar-refractivity contribution in [2.75, 3.05) is 13.6 Å². The van der Waals surface area contributed by atoms with Gasteiger partial charge in [-0.25, -0.2) is 0 Å². The lowest BCUT2D eigenvalue weighted by Crippen LogP contribution is -2.41. The highest BCUT2D eigenvalue weighted by molar-refractivity contribution is 5.82. The third-order valence-electron chi connectivity index (χ3n) is 2.78. The lowest BCUT2D eigenvalue weighted by molar-refractivity contribution is -0.145. The molecule has 4 heteroatoms. The van der Waals surface area contributed by atoms with Crippen molar-refractivity contribution < 1.29 is 14.7 Å². The van der Waals surface area contributed by atoms with E-state index < -0.39 is 17.3 Å². The molecule has 0 aliphatic carbocycles. The summed E-state index contributed by atoms with van der Waals surface area (Å²) in [5.41, 5.74) is -0.410. The minimum Gasteiger partial charge on any atom is -0.481 e. The fraction of sp³-hybridized carbons (Fsp3) is 0.818. The molecule has 0 saturated carbocycles. The van der Waals surface area contributed by atoms with Crippen molar-refractivity contribution in [3.8, 4) is 0 Å². The Labute approximate surface area is 91.3 Å². The van der Waals surface area contributed by atoms with Crippen LogP contribution in [0.25, 0.3) is 0 Å².